The van der Waals surface area contributed by atoms with Gasteiger partial charge >= 0.3 is 12.0 Å². The van der Waals surface area contributed by atoms with Gasteiger partial charge in [-0.15, -0.1) is 0 Å². The molecule has 6 heteroatoms. The van der Waals surface area contributed by atoms with Gasteiger partial charge in [0.2, 0.25) is 0 Å². The molecule has 2 atom stereocenters. The molecule has 118 valence electrons. The summed E-state index contributed by atoms with van der Waals surface area (Å²) >= 11 is 1.57. The number of amides is 2. The number of hydrogen-bond acceptors (Lipinski definition) is 3. The van der Waals surface area contributed by atoms with Crippen LogP contribution in [0.5, 0.6) is 0 Å². The molecule has 0 heterocycles. The van der Waals surface area contributed by atoms with Crippen LogP contribution in [0.15, 0.2) is 0 Å². The molecule has 0 aliphatic rings. The van der Waals surface area contributed by atoms with Crippen LogP contribution >= 0.6 is 11.8 Å². The number of urea groups is 1. The van der Waals surface area contributed by atoms with Gasteiger partial charge in [-0.25, -0.2) is 9.59 Å². The first-order valence-corrected chi connectivity index (χ1v) is 8.55. The smallest absolute Gasteiger partial charge is 0.326 e. The molecule has 0 bridgehead atoms. The van der Waals surface area contributed by atoms with E-state index in [2.05, 4.69) is 24.5 Å². The fourth-order valence-corrected chi connectivity index (χ4v) is 2.29. The molecule has 0 radical (unpaired) electrons. The van der Waals surface area contributed by atoms with Crippen molar-refractivity contribution >= 4 is 23.8 Å². The Labute approximate surface area is 126 Å². The summed E-state index contributed by atoms with van der Waals surface area (Å²) < 4.78 is 0. The first kappa shape index (κ1) is 19.1. The molecule has 0 aromatic heterocycles. The van der Waals surface area contributed by atoms with E-state index in [1.54, 1.807) is 11.8 Å². The van der Waals surface area contributed by atoms with Crippen molar-refractivity contribution in [2.75, 3.05) is 12.0 Å². The minimum atomic E-state index is -0.985. The Hall–Kier alpha value is -0.910. The van der Waals surface area contributed by atoms with Gasteiger partial charge in [0, 0.05) is 6.04 Å². The Balaban J connectivity index is 4.01. The van der Waals surface area contributed by atoms with E-state index in [-0.39, 0.29) is 6.04 Å². The lowest BCUT2D eigenvalue weighted by atomic mass is 10.0. The number of thioether (sulfide) groups is 1. The van der Waals surface area contributed by atoms with E-state index in [0.29, 0.717) is 18.1 Å². The van der Waals surface area contributed by atoms with Gasteiger partial charge in [-0.05, 0) is 37.7 Å². The van der Waals surface area contributed by atoms with E-state index in [9.17, 15) is 9.59 Å². The summed E-state index contributed by atoms with van der Waals surface area (Å²) in [5.41, 5.74) is 0. The molecule has 0 unspecified atom stereocenters. The third-order valence-electron chi connectivity index (χ3n) is 3.01. The molecule has 0 aliphatic heterocycles. The number of rotatable bonds is 10. The third kappa shape index (κ3) is 9.95. The van der Waals surface area contributed by atoms with E-state index in [0.717, 1.165) is 19.3 Å². The molecule has 0 saturated heterocycles. The number of carbonyl (C=O) groups excluding carboxylic acids is 1. The minimum Gasteiger partial charge on any atom is -0.480 e. The van der Waals surface area contributed by atoms with Crippen LogP contribution in [0.4, 0.5) is 4.79 Å². The maximum absolute atomic E-state index is 11.7. The maximum atomic E-state index is 11.7. The minimum absolute atomic E-state index is 0.0590. The van der Waals surface area contributed by atoms with Crippen LogP contribution in [0.1, 0.15) is 46.5 Å². The Morgan fingerprint density at radius 2 is 1.75 bits per heavy atom. The van der Waals surface area contributed by atoms with Gasteiger partial charge < -0.3 is 15.7 Å². The van der Waals surface area contributed by atoms with Gasteiger partial charge in [-0.3, -0.25) is 0 Å². The molecule has 0 aromatic rings. The van der Waals surface area contributed by atoms with Crippen LogP contribution in [-0.4, -0.2) is 41.2 Å². The number of aliphatic carboxylic acids is 1. The average Bonchev–Trinajstić information content (AvgIpc) is 2.33. The Morgan fingerprint density at radius 1 is 1.10 bits per heavy atom. The van der Waals surface area contributed by atoms with E-state index in [1.807, 2.05) is 13.2 Å². The van der Waals surface area contributed by atoms with Crippen LogP contribution in [0.25, 0.3) is 0 Å². The molecule has 20 heavy (non-hydrogen) atoms. The van der Waals surface area contributed by atoms with Crippen molar-refractivity contribution in [3.8, 4) is 0 Å². The Morgan fingerprint density at radius 3 is 2.25 bits per heavy atom. The van der Waals surface area contributed by atoms with E-state index < -0.39 is 18.0 Å². The quantitative estimate of drug-likeness (QED) is 0.580. The van der Waals surface area contributed by atoms with Crippen molar-refractivity contribution in [2.45, 2.75) is 58.5 Å². The van der Waals surface area contributed by atoms with Gasteiger partial charge in [0.05, 0.1) is 0 Å². The second-order valence-corrected chi connectivity index (χ2v) is 6.50. The van der Waals surface area contributed by atoms with Gasteiger partial charge in [-0.2, -0.15) is 11.8 Å². The van der Waals surface area contributed by atoms with Gasteiger partial charge in [0.15, 0.2) is 0 Å². The highest BCUT2D eigenvalue weighted by atomic mass is 32.2. The number of carbonyl (C=O) groups is 2. The zero-order chi connectivity index (χ0) is 15.5. The highest BCUT2D eigenvalue weighted by Gasteiger charge is 2.19. The summed E-state index contributed by atoms with van der Waals surface area (Å²) in [5.74, 6) is 0.391. The molecule has 0 fully saturated rings. The average molecular weight is 304 g/mol. The normalized spacial score (nSPS) is 13.8. The van der Waals surface area contributed by atoms with Crippen LogP contribution in [0, 0.1) is 5.92 Å². The predicted octanol–water partition coefficient (Wildman–Crippen LogP) is 2.71. The van der Waals surface area contributed by atoms with E-state index in [1.165, 1.54) is 0 Å². The Kier molecular flexibility index (Phi) is 10.3. The predicted molar refractivity (Wildman–Crippen MR) is 84.2 cm³/mol. The van der Waals surface area contributed by atoms with E-state index in [4.69, 9.17) is 5.11 Å². The lowest BCUT2D eigenvalue weighted by Crippen LogP contribution is -2.48. The van der Waals surface area contributed by atoms with Crippen molar-refractivity contribution in [1.29, 1.82) is 0 Å². The summed E-state index contributed by atoms with van der Waals surface area (Å²) in [7, 11) is 0. The lowest BCUT2D eigenvalue weighted by Gasteiger charge is -2.18. The fraction of sp³-hybridized carbons (Fsp3) is 0.857. The van der Waals surface area contributed by atoms with Gasteiger partial charge in [0.1, 0.15) is 6.04 Å². The number of carboxylic acid groups (broad SMARTS) is 1. The molecule has 0 aromatic carbocycles. The SMILES string of the molecule is CSCC[C@H](NC(=O)N[C@H](C)CCCC(C)C)C(=O)O. The molecular weight excluding hydrogens is 276 g/mol. The first-order valence-electron chi connectivity index (χ1n) is 7.15. The second-order valence-electron chi connectivity index (χ2n) is 5.52. The fourth-order valence-electron chi connectivity index (χ4n) is 1.82. The van der Waals surface area contributed by atoms with Crippen molar-refractivity contribution in [1.82, 2.24) is 10.6 Å². The maximum Gasteiger partial charge on any atom is 0.326 e. The molecule has 0 spiro atoms. The van der Waals surface area contributed by atoms with Crippen LogP contribution in [0.3, 0.4) is 0 Å². The van der Waals surface area contributed by atoms with Crippen LogP contribution in [0.2, 0.25) is 0 Å². The summed E-state index contributed by atoms with van der Waals surface area (Å²) in [6.45, 7) is 6.29. The summed E-state index contributed by atoms with van der Waals surface area (Å²) in [6, 6.07) is -1.15. The van der Waals surface area contributed by atoms with Crippen LogP contribution in [-0.2, 0) is 4.79 Å². The monoisotopic (exact) mass is 304 g/mol. The second kappa shape index (κ2) is 10.8. The van der Waals surface area contributed by atoms with Crippen molar-refractivity contribution in [3.05, 3.63) is 0 Å². The number of hydrogen-bond donors (Lipinski definition) is 3. The summed E-state index contributed by atoms with van der Waals surface area (Å²) in [6.07, 6.45) is 5.46. The number of carboxylic acids is 1. The Bertz CT molecular complexity index is 298. The largest absolute Gasteiger partial charge is 0.480 e. The van der Waals surface area contributed by atoms with Gasteiger partial charge in [0.25, 0.3) is 0 Å². The molecule has 0 rings (SSSR count). The van der Waals surface area contributed by atoms with Crippen LogP contribution < -0.4 is 10.6 Å². The first-order chi connectivity index (χ1) is 9.36. The topological polar surface area (TPSA) is 78.4 Å². The van der Waals surface area contributed by atoms with Crippen molar-refractivity contribution < 1.29 is 14.7 Å². The summed E-state index contributed by atoms with van der Waals surface area (Å²) in [4.78, 5) is 22.8. The zero-order valence-corrected chi connectivity index (χ0v) is 13.8. The molecular formula is C14H28N2O3S. The summed E-state index contributed by atoms with van der Waals surface area (Å²) in [5, 5.41) is 14.3. The van der Waals surface area contributed by atoms with E-state index >= 15 is 0 Å². The van der Waals surface area contributed by atoms with Crippen molar-refractivity contribution in [2.24, 2.45) is 5.92 Å². The standard InChI is InChI=1S/C14H28N2O3S/c1-10(2)6-5-7-11(3)15-14(19)16-12(13(17)18)8-9-20-4/h10-12H,5-9H2,1-4H3,(H,17,18)(H2,15,16,19)/t11-,12+/m1/s1. The van der Waals surface area contributed by atoms with Crippen molar-refractivity contribution in [3.63, 3.8) is 0 Å². The molecule has 3 N–H and O–H groups in total. The molecule has 0 saturated carbocycles. The molecule has 2 amide bonds. The number of nitrogens with one attached hydrogen (secondary N) is 2. The highest BCUT2D eigenvalue weighted by molar-refractivity contribution is 7.98. The molecule has 5 nitrogen and oxygen atoms in total. The molecule has 0 aliphatic carbocycles. The zero-order valence-electron chi connectivity index (χ0n) is 12.9. The highest BCUT2D eigenvalue weighted by Crippen LogP contribution is 2.08. The lowest BCUT2D eigenvalue weighted by molar-refractivity contribution is -0.139. The third-order valence-corrected chi connectivity index (χ3v) is 3.65. The van der Waals surface area contributed by atoms with Gasteiger partial charge in [-0.1, -0.05) is 26.7 Å².